The lowest BCUT2D eigenvalue weighted by atomic mass is 9.78. The smallest absolute Gasteiger partial charge is 0.135 e. The van der Waals surface area contributed by atoms with Gasteiger partial charge in [0.25, 0.3) is 0 Å². The lowest BCUT2D eigenvalue weighted by Crippen LogP contribution is -2.43. The van der Waals surface area contributed by atoms with E-state index in [1.807, 2.05) is 0 Å². The molecule has 2 heteroatoms. The van der Waals surface area contributed by atoms with Crippen LogP contribution in [0.5, 0.6) is 0 Å². The molecular formula is C13H25NO. The largest absolute Gasteiger partial charge is 0.325 e. The van der Waals surface area contributed by atoms with Gasteiger partial charge in [-0.15, -0.1) is 0 Å². The summed E-state index contributed by atoms with van der Waals surface area (Å²) in [6.07, 6.45) is 8.19. The molecule has 0 spiro atoms. The molecule has 0 bridgehead atoms. The van der Waals surface area contributed by atoms with Crippen LogP contribution in [0.2, 0.25) is 0 Å². The van der Waals surface area contributed by atoms with Crippen molar-refractivity contribution in [2.24, 2.45) is 11.7 Å². The van der Waals surface area contributed by atoms with Crippen LogP contribution in [-0.4, -0.2) is 11.3 Å². The minimum Gasteiger partial charge on any atom is -0.325 e. The first-order chi connectivity index (χ1) is 7.06. The van der Waals surface area contributed by atoms with Crippen molar-refractivity contribution >= 4 is 5.78 Å². The third-order valence-corrected chi connectivity index (χ3v) is 3.67. The molecular weight excluding hydrogens is 186 g/mol. The summed E-state index contributed by atoms with van der Waals surface area (Å²) in [7, 11) is 0. The molecule has 1 atom stereocenters. The zero-order chi connectivity index (χ0) is 11.3. The Bertz CT molecular complexity index is 207. The molecule has 0 aliphatic heterocycles. The average molecular weight is 211 g/mol. The summed E-state index contributed by atoms with van der Waals surface area (Å²) in [6.45, 7) is 4.28. The quantitative estimate of drug-likeness (QED) is 0.759. The van der Waals surface area contributed by atoms with Crippen LogP contribution in [0.4, 0.5) is 0 Å². The van der Waals surface area contributed by atoms with E-state index in [0.29, 0.717) is 18.1 Å². The highest BCUT2D eigenvalue weighted by atomic mass is 16.1. The standard InChI is InChI=1S/C13H25NO/c1-3-11(2)9-12(15)10-13(14)7-5-4-6-8-13/h11H,3-10,14H2,1-2H3. The summed E-state index contributed by atoms with van der Waals surface area (Å²) in [6, 6.07) is 0. The Balaban J connectivity index is 2.35. The molecule has 0 saturated heterocycles. The van der Waals surface area contributed by atoms with Crippen LogP contribution in [0, 0.1) is 5.92 Å². The van der Waals surface area contributed by atoms with Gasteiger partial charge in [0.2, 0.25) is 0 Å². The summed E-state index contributed by atoms with van der Waals surface area (Å²) in [5.41, 5.74) is 6.09. The summed E-state index contributed by atoms with van der Waals surface area (Å²) < 4.78 is 0. The summed E-state index contributed by atoms with van der Waals surface area (Å²) in [5, 5.41) is 0. The fourth-order valence-corrected chi connectivity index (χ4v) is 2.43. The Morgan fingerprint density at radius 3 is 2.47 bits per heavy atom. The van der Waals surface area contributed by atoms with Crippen LogP contribution in [-0.2, 0) is 4.79 Å². The summed E-state index contributed by atoms with van der Waals surface area (Å²) >= 11 is 0. The van der Waals surface area contributed by atoms with Crippen LogP contribution < -0.4 is 5.73 Å². The third kappa shape index (κ3) is 4.33. The van der Waals surface area contributed by atoms with Crippen molar-refractivity contribution in [2.75, 3.05) is 0 Å². The van der Waals surface area contributed by atoms with Crippen molar-refractivity contribution in [2.45, 2.75) is 70.8 Å². The van der Waals surface area contributed by atoms with E-state index in [2.05, 4.69) is 13.8 Å². The number of nitrogens with two attached hydrogens (primary N) is 1. The maximum Gasteiger partial charge on any atom is 0.135 e. The molecule has 1 fully saturated rings. The van der Waals surface area contributed by atoms with Gasteiger partial charge >= 0.3 is 0 Å². The van der Waals surface area contributed by atoms with E-state index in [-0.39, 0.29) is 5.54 Å². The summed E-state index contributed by atoms with van der Waals surface area (Å²) in [5.74, 6) is 0.887. The van der Waals surface area contributed by atoms with Gasteiger partial charge in [0.15, 0.2) is 0 Å². The molecule has 1 aliphatic carbocycles. The minimum atomic E-state index is -0.164. The van der Waals surface area contributed by atoms with Gasteiger partial charge in [-0.1, -0.05) is 39.5 Å². The van der Waals surface area contributed by atoms with Gasteiger partial charge < -0.3 is 5.73 Å². The number of carbonyl (C=O) groups excluding carboxylic acids is 1. The number of rotatable bonds is 5. The Hall–Kier alpha value is -0.370. The predicted molar refractivity (Wildman–Crippen MR) is 63.7 cm³/mol. The molecule has 0 amide bonds. The van der Waals surface area contributed by atoms with Crippen LogP contribution in [0.1, 0.15) is 65.2 Å². The topological polar surface area (TPSA) is 43.1 Å². The van der Waals surface area contributed by atoms with E-state index in [1.54, 1.807) is 0 Å². The van der Waals surface area contributed by atoms with Crippen molar-refractivity contribution in [3.05, 3.63) is 0 Å². The van der Waals surface area contributed by atoms with Crippen molar-refractivity contribution in [1.82, 2.24) is 0 Å². The van der Waals surface area contributed by atoms with Gasteiger partial charge in [-0.05, 0) is 18.8 Å². The molecule has 0 aromatic heterocycles. The predicted octanol–water partition coefficient (Wildman–Crippen LogP) is 3.04. The molecule has 0 heterocycles. The molecule has 2 nitrogen and oxygen atoms in total. The van der Waals surface area contributed by atoms with Gasteiger partial charge in [0.1, 0.15) is 5.78 Å². The fraction of sp³-hybridized carbons (Fsp3) is 0.923. The van der Waals surface area contributed by atoms with Crippen molar-refractivity contribution in [3.63, 3.8) is 0 Å². The molecule has 0 aromatic carbocycles. The van der Waals surface area contributed by atoms with Crippen molar-refractivity contribution < 1.29 is 4.79 Å². The molecule has 1 saturated carbocycles. The number of Topliss-reactive ketones (excluding diaryl/α,β-unsaturated/α-hetero) is 1. The third-order valence-electron chi connectivity index (χ3n) is 3.67. The monoisotopic (exact) mass is 211 g/mol. The first-order valence-corrected chi connectivity index (χ1v) is 6.36. The van der Waals surface area contributed by atoms with E-state index in [4.69, 9.17) is 5.73 Å². The molecule has 1 rings (SSSR count). The van der Waals surface area contributed by atoms with Crippen LogP contribution in [0.3, 0.4) is 0 Å². The first kappa shape index (κ1) is 12.7. The molecule has 2 N–H and O–H groups in total. The Kier molecular flexibility index (Phi) is 4.78. The average Bonchev–Trinajstić information content (AvgIpc) is 2.17. The lowest BCUT2D eigenvalue weighted by Gasteiger charge is -2.33. The van der Waals surface area contributed by atoms with E-state index >= 15 is 0 Å². The van der Waals surface area contributed by atoms with Crippen LogP contribution in [0.25, 0.3) is 0 Å². The highest BCUT2D eigenvalue weighted by Crippen LogP contribution is 2.29. The van der Waals surface area contributed by atoms with Crippen molar-refractivity contribution in [3.8, 4) is 0 Å². The van der Waals surface area contributed by atoms with E-state index in [0.717, 1.165) is 25.7 Å². The number of carbonyl (C=O) groups is 1. The van der Waals surface area contributed by atoms with Gasteiger partial charge in [-0.3, -0.25) is 4.79 Å². The minimum absolute atomic E-state index is 0.164. The Morgan fingerprint density at radius 2 is 1.93 bits per heavy atom. The normalized spacial score (nSPS) is 22.3. The van der Waals surface area contributed by atoms with Gasteiger partial charge in [0.05, 0.1) is 0 Å². The second kappa shape index (κ2) is 5.64. The van der Waals surface area contributed by atoms with Gasteiger partial charge in [-0.25, -0.2) is 0 Å². The summed E-state index contributed by atoms with van der Waals surface area (Å²) in [4.78, 5) is 11.8. The molecule has 88 valence electrons. The SMILES string of the molecule is CCC(C)CC(=O)CC1(N)CCCCC1. The Labute approximate surface area is 93.6 Å². The molecule has 0 radical (unpaired) electrons. The highest BCUT2D eigenvalue weighted by Gasteiger charge is 2.29. The van der Waals surface area contributed by atoms with Crippen LogP contribution >= 0.6 is 0 Å². The Morgan fingerprint density at radius 1 is 1.33 bits per heavy atom. The first-order valence-electron chi connectivity index (χ1n) is 6.36. The maximum atomic E-state index is 11.8. The second-order valence-electron chi connectivity index (χ2n) is 5.36. The van der Waals surface area contributed by atoms with E-state index in [9.17, 15) is 4.79 Å². The molecule has 0 aromatic rings. The highest BCUT2D eigenvalue weighted by molar-refractivity contribution is 5.79. The molecule has 1 aliphatic rings. The van der Waals surface area contributed by atoms with E-state index in [1.165, 1.54) is 19.3 Å². The zero-order valence-corrected chi connectivity index (χ0v) is 10.2. The number of ketones is 1. The number of hydrogen-bond acceptors (Lipinski definition) is 2. The molecule has 1 unspecified atom stereocenters. The maximum absolute atomic E-state index is 11.8. The van der Waals surface area contributed by atoms with E-state index < -0.39 is 0 Å². The van der Waals surface area contributed by atoms with Gasteiger partial charge in [-0.2, -0.15) is 0 Å². The number of hydrogen-bond donors (Lipinski definition) is 1. The van der Waals surface area contributed by atoms with Gasteiger partial charge in [0, 0.05) is 18.4 Å². The fourth-order valence-electron chi connectivity index (χ4n) is 2.43. The lowest BCUT2D eigenvalue weighted by molar-refractivity contribution is -0.121. The zero-order valence-electron chi connectivity index (χ0n) is 10.2. The van der Waals surface area contributed by atoms with Crippen LogP contribution in [0.15, 0.2) is 0 Å². The van der Waals surface area contributed by atoms with Crippen molar-refractivity contribution in [1.29, 1.82) is 0 Å². The second-order valence-corrected chi connectivity index (χ2v) is 5.36. The molecule has 15 heavy (non-hydrogen) atoms.